The average Bonchev–Trinajstić information content (AvgIpc) is 2.78. The van der Waals surface area contributed by atoms with Crippen molar-refractivity contribution >= 4 is 11.6 Å². The zero-order valence-electron chi connectivity index (χ0n) is 13.4. The number of aliphatic hydroxyl groups is 1. The van der Waals surface area contributed by atoms with Crippen LogP contribution in [0, 0.1) is 11.3 Å². The highest BCUT2D eigenvalue weighted by Gasteiger charge is 2.52. The van der Waals surface area contributed by atoms with Crippen LogP contribution in [0.1, 0.15) is 51.4 Å². The van der Waals surface area contributed by atoms with E-state index in [9.17, 15) is 9.90 Å². The fourth-order valence-corrected chi connectivity index (χ4v) is 2.39. The van der Waals surface area contributed by atoms with E-state index >= 15 is 0 Å². The Balaban J connectivity index is 2.44. The van der Waals surface area contributed by atoms with Gasteiger partial charge in [0.1, 0.15) is 0 Å². The van der Waals surface area contributed by atoms with Gasteiger partial charge in [-0.25, -0.2) is 0 Å². The fourth-order valence-electron chi connectivity index (χ4n) is 2.39. The number of benzene rings is 1. The number of hydrazone groups is 1. The summed E-state index contributed by atoms with van der Waals surface area (Å²) < 4.78 is 0. The number of nitrogens with zero attached hydrogens (tertiary/aromatic N) is 2. The van der Waals surface area contributed by atoms with Crippen LogP contribution in [0.4, 0.5) is 0 Å². The number of hydrogen-bond acceptors (Lipinski definition) is 3. The van der Waals surface area contributed by atoms with Crippen LogP contribution in [0.15, 0.2) is 35.4 Å². The molecule has 2 rings (SSSR count). The molecule has 1 aromatic rings. The van der Waals surface area contributed by atoms with Crippen molar-refractivity contribution in [2.45, 2.75) is 46.8 Å². The van der Waals surface area contributed by atoms with Gasteiger partial charge >= 0.3 is 0 Å². The van der Waals surface area contributed by atoms with Crippen LogP contribution >= 0.6 is 0 Å². The molecule has 1 aliphatic heterocycles. The van der Waals surface area contributed by atoms with Crippen LogP contribution < -0.4 is 0 Å². The molecule has 0 saturated carbocycles. The Labute approximate surface area is 126 Å². The van der Waals surface area contributed by atoms with Gasteiger partial charge in [0.25, 0.3) is 5.91 Å². The van der Waals surface area contributed by atoms with Gasteiger partial charge in [0.2, 0.25) is 0 Å². The SMILES string of the molecule is CC(C)C1=NN(C(=O)c2ccccc2)[C@@](O)(C(C)(C)C)C1. The van der Waals surface area contributed by atoms with Crippen LogP contribution in [0.5, 0.6) is 0 Å². The van der Waals surface area contributed by atoms with E-state index in [-0.39, 0.29) is 11.8 Å². The van der Waals surface area contributed by atoms with Crippen molar-refractivity contribution in [2.75, 3.05) is 0 Å². The van der Waals surface area contributed by atoms with E-state index in [1.165, 1.54) is 5.01 Å². The summed E-state index contributed by atoms with van der Waals surface area (Å²) in [6, 6.07) is 8.97. The maximum Gasteiger partial charge on any atom is 0.276 e. The monoisotopic (exact) mass is 288 g/mol. The van der Waals surface area contributed by atoms with Gasteiger partial charge in [0, 0.05) is 23.1 Å². The number of hydrogen-bond donors (Lipinski definition) is 1. The molecular weight excluding hydrogens is 264 g/mol. The minimum atomic E-state index is -1.29. The van der Waals surface area contributed by atoms with Crippen molar-refractivity contribution in [3.05, 3.63) is 35.9 Å². The summed E-state index contributed by atoms with van der Waals surface area (Å²) in [7, 11) is 0. The summed E-state index contributed by atoms with van der Waals surface area (Å²) in [4.78, 5) is 12.7. The third-order valence-electron chi connectivity index (χ3n) is 4.09. The Morgan fingerprint density at radius 2 is 1.86 bits per heavy atom. The van der Waals surface area contributed by atoms with Gasteiger partial charge in [-0.3, -0.25) is 4.79 Å². The van der Waals surface area contributed by atoms with Gasteiger partial charge in [-0.2, -0.15) is 10.1 Å². The largest absolute Gasteiger partial charge is 0.368 e. The Morgan fingerprint density at radius 1 is 1.29 bits per heavy atom. The molecule has 1 N–H and O–H groups in total. The molecule has 0 saturated heterocycles. The van der Waals surface area contributed by atoms with E-state index in [1.54, 1.807) is 12.1 Å². The van der Waals surface area contributed by atoms with E-state index in [0.717, 1.165) is 5.71 Å². The second kappa shape index (κ2) is 5.26. The maximum absolute atomic E-state index is 12.7. The van der Waals surface area contributed by atoms with Gasteiger partial charge in [-0.05, 0) is 18.1 Å². The molecule has 1 amide bonds. The lowest BCUT2D eigenvalue weighted by Gasteiger charge is -2.41. The highest BCUT2D eigenvalue weighted by molar-refractivity contribution is 5.98. The van der Waals surface area contributed by atoms with Gasteiger partial charge in [0.15, 0.2) is 5.72 Å². The van der Waals surface area contributed by atoms with E-state index < -0.39 is 11.1 Å². The van der Waals surface area contributed by atoms with E-state index in [1.807, 2.05) is 52.8 Å². The first kappa shape index (κ1) is 15.7. The van der Waals surface area contributed by atoms with Crippen molar-refractivity contribution in [3.8, 4) is 0 Å². The molecule has 1 aromatic carbocycles. The van der Waals surface area contributed by atoms with Gasteiger partial charge in [-0.15, -0.1) is 0 Å². The standard InChI is InChI=1S/C17H24N2O2/c1-12(2)14-11-17(21,16(3,4)5)19(18-14)15(20)13-9-7-6-8-10-13/h6-10,12,21H,11H2,1-5H3/t17-/m0/s1. The molecule has 0 spiro atoms. The molecule has 1 heterocycles. The number of carbonyl (C=O) groups excluding carboxylic acids is 1. The molecule has 1 aliphatic rings. The molecule has 0 unspecified atom stereocenters. The predicted molar refractivity (Wildman–Crippen MR) is 83.9 cm³/mol. The zero-order chi connectivity index (χ0) is 15.8. The molecule has 0 fully saturated rings. The highest BCUT2D eigenvalue weighted by Crippen LogP contribution is 2.42. The van der Waals surface area contributed by atoms with Crippen molar-refractivity contribution in [2.24, 2.45) is 16.4 Å². The van der Waals surface area contributed by atoms with Crippen molar-refractivity contribution in [1.29, 1.82) is 0 Å². The molecule has 0 aliphatic carbocycles. The van der Waals surface area contributed by atoms with Crippen LogP contribution in [-0.2, 0) is 0 Å². The van der Waals surface area contributed by atoms with E-state index in [2.05, 4.69) is 5.10 Å². The second-order valence-electron chi connectivity index (χ2n) is 6.97. The van der Waals surface area contributed by atoms with Crippen LogP contribution in [0.3, 0.4) is 0 Å². The Bertz CT molecular complexity index is 558. The molecule has 114 valence electrons. The smallest absolute Gasteiger partial charge is 0.276 e. The predicted octanol–water partition coefficient (Wildman–Crippen LogP) is 3.28. The molecule has 0 radical (unpaired) electrons. The molecular formula is C17H24N2O2. The third kappa shape index (κ3) is 2.72. The zero-order valence-corrected chi connectivity index (χ0v) is 13.4. The Kier molecular flexibility index (Phi) is 3.93. The first-order chi connectivity index (χ1) is 9.67. The van der Waals surface area contributed by atoms with Crippen molar-refractivity contribution < 1.29 is 9.90 Å². The summed E-state index contributed by atoms with van der Waals surface area (Å²) in [5.74, 6) is -0.0591. The summed E-state index contributed by atoms with van der Waals surface area (Å²) in [6.07, 6.45) is 0.396. The van der Waals surface area contributed by atoms with Crippen molar-refractivity contribution in [1.82, 2.24) is 5.01 Å². The van der Waals surface area contributed by atoms with Crippen LogP contribution in [0.25, 0.3) is 0 Å². The number of amides is 1. The molecule has 0 bridgehead atoms. The first-order valence-corrected chi connectivity index (χ1v) is 7.36. The van der Waals surface area contributed by atoms with E-state index in [0.29, 0.717) is 12.0 Å². The molecule has 21 heavy (non-hydrogen) atoms. The van der Waals surface area contributed by atoms with Gasteiger partial charge < -0.3 is 5.11 Å². The van der Waals surface area contributed by atoms with Crippen molar-refractivity contribution in [3.63, 3.8) is 0 Å². The normalized spacial score (nSPS) is 22.6. The van der Waals surface area contributed by atoms with Gasteiger partial charge in [0.05, 0.1) is 0 Å². The Morgan fingerprint density at radius 3 is 2.33 bits per heavy atom. The molecule has 4 nitrogen and oxygen atoms in total. The summed E-state index contributed by atoms with van der Waals surface area (Å²) in [6.45, 7) is 9.84. The number of rotatable bonds is 2. The second-order valence-corrected chi connectivity index (χ2v) is 6.97. The van der Waals surface area contributed by atoms with Crippen LogP contribution in [-0.4, -0.2) is 27.5 Å². The third-order valence-corrected chi connectivity index (χ3v) is 4.09. The lowest BCUT2D eigenvalue weighted by Crippen LogP contribution is -2.55. The minimum absolute atomic E-state index is 0.201. The highest BCUT2D eigenvalue weighted by atomic mass is 16.3. The first-order valence-electron chi connectivity index (χ1n) is 7.36. The summed E-state index contributed by atoms with van der Waals surface area (Å²) in [5, 5.41) is 16.8. The summed E-state index contributed by atoms with van der Waals surface area (Å²) >= 11 is 0. The summed E-state index contributed by atoms with van der Waals surface area (Å²) in [5.41, 5.74) is -0.387. The van der Waals surface area contributed by atoms with Gasteiger partial charge in [-0.1, -0.05) is 52.8 Å². The fraction of sp³-hybridized carbons (Fsp3) is 0.529. The number of carbonyl (C=O) groups is 1. The average molecular weight is 288 g/mol. The molecule has 0 aromatic heterocycles. The quantitative estimate of drug-likeness (QED) is 0.908. The molecule has 1 atom stereocenters. The van der Waals surface area contributed by atoms with E-state index in [4.69, 9.17) is 0 Å². The maximum atomic E-state index is 12.7. The lowest BCUT2D eigenvalue weighted by atomic mass is 9.79. The van der Waals surface area contributed by atoms with Crippen LogP contribution in [0.2, 0.25) is 0 Å². The topological polar surface area (TPSA) is 52.9 Å². The molecule has 4 heteroatoms. The Hall–Kier alpha value is -1.68. The lowest BCUT2D eigenvalue weighted by molar-refractivity contribution is -0.143. The minimum Gasteiger partial charge on any atom is -0.368 e.